The van der Waals surface area contributed by atoms with Crippen LogP contribution in [0.1, 0.15) is 75.2 Å². The van der Waals surface area contributed by atoms with E-state index in [2.05, 4.69) is 67.6 Å². The molecule has 0 spiro atoms. The average Bonchev–Trinajstić information content (AvgIpc) is 1.97. The van der Waals surface area contributed by atoms with Crippen LogP contribution in [0.4, 0.5) is 0 Å². The highest BCUT2D eigenvalue weighted by Crippen LogP contribution is 2.40. The fourth-order valence-corrected chi connectivity index (χ4v) is 3.05. The van der Waals surface area contributed by atoms with Crippen LogP contribution in [-0.4, -0.2) is 12.1 Å². The fraction of sp³-hybridized carbons (Fsp3) is 1.00. The molecule has 1 N–H and O–H groups in total. The molecule has 0 aromatic rings. The maximum Gasteiger partial charge on any atom is 0.0130 e. The molecule has 0 radical (unpaired) electrons. The number of hydrogen-bond donors (Lipinski definition) is 1. The van der Waals surface area contributed by atoms with Crippen LogP contribution in [-0.2, 0) is 0 Å². The molecule has 0 fully saturated rings. The summed E-state index contributed by atoms with van der Waals surface area (Å²) in [5.41, 5.74) is 1.06. The Bertz CT molecular complexity index is 220. The zero-order valence-electron chi connectivity index (χ0n) is 13.7. The summed E-state index contributed by atoms with van der Waals surface area (Å²) >= 11 is 0. The first-order valence-electron chi connectivity index (χ1n) is 7.15. The molecule has 0 saturated carbocycles. The van der Waals surface area contributed by atoms with Gasteiger partial charge in [-0.25, -0.2) is 0 Å². The summed E-state index contributed by atoms with van der Waals surface area (Å²) in [4.78, 5) is 0. The summed E-state index contributed by atoms with van der Waals surface area (Å²) in [7, 11) is 0. The third-order valence-corrected chi connectivity index (χ3v) is 3.81. The van der Waals surface area contributed by atoms with Crippen molar-refractivity contribution in [2.24, 2.45) is 16.7 Å². The molecule has 104 valence electrons. The molecule has 0 rings (SSSR count). The second-order valence-corrected chi connectivity index (χ2v) is 8.25. The van der Waals surface area contributed by atoms with Gasteiger partial charge in [0.2, 0.25) is 0 Å². The Morgan fingerprint density at radius 3 is 1.76 bits per heavy atom. The minimum Gasteiger partial charge on any atom is -0.312 e. The van der Waals surface area contributed by atoms with Crippen molar-refractivity contribution in [3.05, 3.63) is 0 Å². The third kappa shape index (κ3) is 7.08. The van der Waals surface area contributed by atoms with Crippen LogP contribution in [0.5, 0.6) is 0 Å². The van der Waals surface area contributed by atoms with Crippen molar-refractivity contribution in [3.63, 3.8) is 0 Å². The van der Waals surface area contributed by atoms with Crippen LogP contribution in [0.25, 0.3) is 0 Å². The molecular formula is C16H35N. The molecule has 0 aromatic carbocycles. The first kappa shape index (κ1) is 17.0. The minimum absolute atomic E-state index is 0.240. The molecule has 1 heteroatoms. The predicted molar refractivity (Wildman–Crippen MR) is 79.4 cm³/mol. The van der Waals surface area contributed by atoms with Crippen molar-refractivity contribution >= 4 is 0 Å². The van der Waals surface area contributed by atoms with Crippen molar-refractivity contribution in [1.29, 1.82) is 0 Å². The smallest absolute Gasteiger partial charge is 0.0130 e. The van der Waals surface area contributed by atoms with Gasteiger partial charge < -0.3 is 5.32 Å². The van der Waals surface area contributed by atoms with Crippen molar-refractivity contribution in [1.82, 2.24) is 5.32 Å². The van der Waals surface area contributed by atoms with E-state index in [1.165, 1.54) is 12.8 Å². The maximum absolute atomic E-state index is 3.60. The van der Waals surface area contributed by atoms with E-state index in [1.54, 1.807) is 0 Å². The number of rotatable bonds is 6. The van der Waals surface area contributed by atoms with Gasteiger partial charge in [0.1, 0.15) is 0 Å². The summed E-state index contributed by atoms with van der Waals surface area (Å²) in [6.45, 7) is 22.2. The van der Waals surface area contributed by atoms with E-state index in [-0.39, 0.29) is 5.54 Å². The summed E-state index contributed by atoms with van der Waals surface area (Å²) in [6.07, 6.45) is 2.52. The zero-order valence-corrected chi connectivity index (χ0v) is 13.7. The quantitative estimate of drug-likeness (QED) is 0.700. The zero-order chi connectivity index (χ0) is 13.9. The second-order valence-electron chi connectivity index (χ2n) is 8.25. The van der Waals surface area contributed by atoms with Gasteiger partial charge in [-0.15, -0.1) is 0 Å². The maximum atomic E-state index is 3.60. The fourth-order valence-electron chi connectivity index (χ4n) is 3.05. The highest BCUT2D eigenvalue weighted by molar-refractivity contribution is 4.88. The largest absolute Gasteiger partial charge is 0.312 e. The molecule has 0 amide bonds. The molecule has 1 nitrogen and oxygen atoms in total. The van der Waals surface area contributed by atoms with Gasteiger partial charge in [-0.3, -0.25) is 0 Å². The molecule has 0 aliphatic heterocycles. The Kier molecular flexibility index (Phi) is 5.72. The highest BCUT2D eigenvalue weighted by Gasteiger charge is 2.34. The van der Waals surface area contributed by atoms with Gasteiger partial charge in [0.25, 0.3) is 0 Å². The average molecular weight is 241 g/mol. The minimum atomic E-state index is 0.240. The summed E-state index contributed by atoms with van der Waals surface area (Å²) in [5.74, 6) is 0.750. The monoisotopic (exact) mass is 241 g/mol. The van der Waals surface area contributed by atoms with Crippen LogP contribution in [0, 0.1) is 16.7 Å². The molecule has 1 unspecified atom stereocenters. The van der Waals surface area contributed by atoms with Crippen LogP contribution in [0.15, 0.2) is 0 Å². The first-order chi connectivity index (χ1) is 7.40. The predicted octanol–water partition coefficient (Wildman–Crippen LogP) is 4.86. The van der Waals surface area contributed by atoms with Gasteiger partial charge in [-0.1, -0.05) is 48.5 Å². The summed E-state index contributed by atoms with van der Waals surface area (Å²) < 4.78 is 0. The van der Waals surface area contributed by atoms with E-state index >= 15 is 0 Å². The van der Waals surface area contributed by atoms with E-state index in [4.69, 9.17) is 0 Å². The SMILES string of the molecule is CCNC(C)(C)CC(C)(C)C(C)CC(C)(C)C. The van der Waals surface area contributed by atoms with Gasteiger partial charge in [0.15, 0.2) is 0 Å². The molecular weight excluding hydrogens is 206 g/mol. The Labute approximate surface area is 110 Å². The van der Waals surface area contributed by atoms with Gasteiger partial charge >= 0.3 is 0 Å². The van der Waals surface area contributed by atoms with Crippen molar-refractivity contribution < 1.29 is 0 Å². The lowest BCUT2D eigenvalue weighted by molar-refractivity contribution is 0.115. The second kappa shape index (κ2) is 5.73. The van der Waals surface area contributed by atoms with Crippen LogP contribution in [0.2, 0.25) is 0 Å². The molecule has 0 saturated heterocycles. The van der Waals surface area contributed by atoms with Crippen molar-refractivity contribution in [3.8, 4) is 0 Å². The lowest BCUT2D eigenvalue weighted by Crippen LogP contribution is -2.44. The van der Waals surface area contributed by atoms with E-state index < -0.39 is 0 Å². The van der Waals surface area contributed by atoms with Gasteiger partial charge in [0.05, 0.1) is 0 Å². The summed E-state index contributed by atoms with van der Waals surface area (Å²) in [5, 5.41) is 3.60. The van der Waals surface area contributed by atoms with Crippen LogP contribution < -0.4 is 5.32 Å². The van der Waals surface area contributed by atoms with Crippen LogP contribution in [0.3, 0.4) is 0 Å². The molecule has 0 aliphatic carbocycles. The highest BCUT2D eigenvalue weighted by atomic mass is 14.9. The standard InChI is InChI=1S/C16H35N/c1-10-17-16(8,9)12-15(6,7)13(2)11-14(3,4)5/h13,17H,10-12H2,1-9H3. The normalized spacial score (nSPS) is 16.1. The van der Waals surface area contributed by atoms with Gasteiger partial charge in [-0.05, 0) is 50.0 Å². The number of nitrogens with one attached hydrogen (secondary N) is 1. The third-order valence-electron chi connectivity index (χ3n) is 3.81. The Morgan fingerprint density at radius 2 is 1.41 bits per heavy atom. The Balaban J connectivity index is 4.56. The Hall–Kier alpha value is -0.0400. The lowest BCUT2D eigenvalue weighted by Gasteiger charge is -2.41. The van der Waals surface area contributed by atoms with Gasteiger partial charge in [-0.2, -0.15) is 0 Å². The molecule has 0 aromatic heterocycles. The molecule has 17 heavy (non-hydrogen) atoms. The Morgan fingerprint density at radius 1 is 0.941 bits per heavy atom. The lowest BCUT2D eigenvalue weighted by atomic mass is 9.67. The number of hydrogen-bond acceptors (Lipinski definition) is 1. The topological polar surface area (TPSA) is 12.0 Å². The molecule has 0 bridgehead atoms. The van der Waals surface area contributed by atoms with E-state index in [0.29, 0.717) is 10.8 Å². The van der Waals surface area contributed by atoms with E-state index in [9.17, 15) is 0 Å². The summed E-state index contributed by atoms with van der Waals surface area (Å²) in [6, 6.07) is 0. The van der Waals surface area contributed by atoms with Gasteiger partial charge in [0, 0.05) is 5.54 Å². The van der Waals surface area contributed by atoms with E-state index in [1.807, 2.05) is 0 Å². The van der Waals surface area contributed by atoms with E-state index in [0.717, 1.165) is 12.5 Å². The molecule has 0 heterocycles. The molecule has 1 atom stereocenters. The first-order valence-corrected chi connectivity index (χ1v) is 7.15. The van der Waals surface area contributed by atoms with Crippen molar-refractivity contribution in [2.45, 2.75) is 80.7 Å². The van der Waals surface area contributed by atoms with Crippen molar-refractivity contribution in [2.75, 3.05) is 6.54 Å². The molecule has 0 aliphatic rings. The van der Waals surface area contributed by atoms with Crippen LogP contribution >= 0.6 is 0 Å².